The molecule has 2 heteroatoms. The van der Waals surface area contributed by atoms with Gasteiger partial charge in [-0.3, -0.25) is 4.79 Å². The highest BCUT2D eigenvalue weighted by Gasteiger charge is 2.25. The summed E-state index contributed by atoms with van der Waals surface area (Å²) in [6.07, 6.45) is 2.67. The number of carbonyl (C=O) groups is 1. The first kappa shape index (κ1) is 6.33. The summed E-state index contributed by atoms with van der Waals surface area (Å²) in [5.41, 5.74) is 0. The third kappa shape index (κ3) is 0.969. The van der Waals surface area contributed by atoms with Gasteiger partial charge in [-0.2, -0.15) is 0 Å². The monoisotopic (exact) mass is 125 g/mol. The SMILES string of the molecule is C=CC1CCN(C)C1=O. The van der Waals surface area contributed by atoms with Crippen molar-refractivity contribution in [2.24, 2.45) is 5.92 Å². The molecule has 0 spiro atoms. The lowest BCUT2D eigenvalue weighted by Gasteiger charge is -2.05. The zero-order valence-corrected chi connectivity index (χ0v) is 5.63. The van der Waals surface area contributed by atoms with Crippen molar-refractivity contribution < 1.29 is 4.79 Å². The lowest BCUT2D eigenvalue weighted by atomic mass is 10.1. The minimum absolute atomic E-state index is 0.0926. The summed E-state index contributed by atoms with van der Waals surface area (Å²) in [5.74, 6) is 0.306. The first-order valence-corrected chi connectivity index (χ1v) is 3.13. The molecule has 1 saturated heterocycles. The van der Waals surface area contributed by atoms with E-state index in [4.69, 9.17) is 0 Å². The number of hydrogen-bond donors (Lipinski definition) is 0. The highest BCUT2D eigenvalue weighted by atomic mass is 16.2. The first-order valence-electron chi connectivity index (χ1n) is 3.13. The number of rotatable bonds is 1. The average Bonchev–Trinajstić information content (AvgIpc) is 2.15. The second-order valence-electron chi connectivity index (χ2n) is 2.39. The number of likely N-dealkylation sites (tertiary alicyclic amines) is 1. The molecule has 1 aliphatic rings. The van der Waals surface area contributed by atoms with E-state index in [1.807, 2.05) is 7.05 Å². The van der Waals surface area contributed by atoms with Gasteiger partial charge >= 0.3 is 0 Å². The number of amides is 1. The molecular weight excluding hydrogens is 114 g/mol. The van der Waals surface area contributed by atoms with Gasteiger partial charge in [0.05, 0.1) is 5.92 Å². The minimum Gasteiger partial charge on any atom is -0.345 e. The van der Waals surface area contributed by atoms with Crippen LogP contribution >= 0.6 is 0 Å². The van der Waals surface area contributed by atoms with Crippen LogP contribution in [0.3, 0.4) is 0 Å². The molecule has 0 radical (unpaired) electrons. The summed E-state index contributed by atoms with van der Waals surface area (Å²) >= 11 is 0. The van der Waals surface area contributed by atoms with Crippen LogP contribution in [0.25, 0.3) is 0 Å². The first-order chi connectivity index (χ1) is 4.25. The van der Waals surface area contributed by atoms with Crippen LogP contribution in [-0.2, 0) is 4.79 Å². The summed E-state index contributed by atoms with van der Waals surface area (Å²) in [7, 11) is 1.83. The van der Waals surface area contributed by atoms with Crippen LogP contribution in [0.5, 0.6) is 0 Å². The Hall–Kier alpha value is -0.790. The van der Waals surface area contributed by atoms with E-state index in [2.05, 4.69) is 6.58 Å². The topological polar surface area (TPSA) is 20.3 Å². The molecule has 1 aliphatic heterocycles. The van der Waals surface area contributed by atoms with Crippen LogP contribution < -0.4 is 0 Å². The molecule has 1 rings (SSSR count). The van der Waals surface area contributed by atoms with Gasteiger partial charge in [-0.05, 0) is 6.42 Å². The third-order valence-corrected chi connectivity index (χ3v) is 1.75. The molecule has 0 aromatic heterocycles. The Kier molecular flexibility index (Phi) is 1.56. The van der Waals surface area contributed by atoms with Gasteiger partial charge in [0.25, 0.3) is 0 Å². The van der Waals surface area contributed by atoms with Crippen molar-refractivity contribution in [3.63, 3.8) is 0 Å². The maximum Gasteiger partial charge on any atom is 0.229 e. The molecule has 2 nitrogen and oxygen atoms in total. The average molecular weight is 125 g/mol. The van der Waals surface area contributed by atoms with E-state index in [1.54, 1.807) is 11.0 Å². The second-order valence-corrected chi connectivity index (χ2v) is 2.39. The zero-order valence-electron chi connectivity index (χ0n) is 5.63. The predicted molar refractivity (Wildman–Crippen MR) is 35.9 cm³/mol. The van der Waals surface area contributed by atoms with Gasteiger partial charge in [-0.25, -0.2) is 0 Å². The molecule has 0 aromatic rings. The van der Waals surface area contributed by atoms with Crippen LogP contribution in [0.1, 0.15) is 6.42 Å². The van der Waals surface area contributed by atoms with Crippen molar-refractivity contribution in [2.45, 2.75) is 6.42 Å². The van der Waals surface area contributed by atoms with Crippen LogP contribution in [0.2, 0.25) is 0 Å². The van der Waals surface area contributed by atoms with Crippen LogP contribution in [0.4, 0.5) is 0 Å². The second kappa shape index (κ2) is 2.21. The van der Waals surface area contributed by atoms with E-state index in [-0.39, 0.29) is 11.8 Å². The van der Waals surface area contributed by atoms with Crippen molar-refractivity contribution in [3.05, 3.63) is 12.7 Å². The normalized spacial score (nSPS) is 27.0. The third-order valence-electron chi connectivity index (χ3n) is 1.75. The lowest BCUT2D eigenvalue weighted by molar-refractivity contribution is -0.128. The van der Waals surface area contributed by atoms with E-state index in [0.717, 1.165) is 13.0 Å². The molecule has 0 bridgehead atoms. The highest BCUT2D eigenvalue weighted by molar-refractivity contribution is 5.82. The molecule has 1 heterocycles. The molecule has 0 saturated carbocycles. The van der Waals surface area contributed by atoms with Crippen molar-refractivity contribution in [1.29, 1.82) is 0 Å². The van der Waals surface area contributed by atoms with Gasteiger partial charge in [0.15, 0.2) is 0 Å². The molecular formula is C7H11NO. The molecule has 1 amide bonds. The molecule has 50 valence electrons. The number of carbonyl (C=O) groups excluding carboxylic acids is 1. The van der Waals surface area contributed by atoms with E-state index in [0.29, 0.717) is 0 Å². The Morgan fingerprint density at radius 1 is 1.89 bits per heavy atom. The fraction of sp³-hybridized carbons (Fsp3) is 0.571. The number of hydrogen-bond acceptors (Lipinski definition) is 1. The van der Waals surface area contributed by atoms with Crippen molar-refractivity contribution in [3.8, 4) is 0 Å². The van der Waals surface area contributed by atoms with E-state index in [9.17, 15) is 4.79 Å². The van der Waals surface area contributed by atoms with Gasteiger partial charge in [0.1, 0.15) is 0 Å². The summed E-state index contributed by atoms with van der Waals surface area (Å²) < 4.78 is 0. The van der Waals surface area contributed by atoms with Gasteiger partial charge in [-0.15, -0.1) is 6.58 Å². The quantitative estimate of drug-likeness (QED) is 0.471. The molecule has 1 atom stereocenters. The highest BCUT2D eigenvalue weighted by Crippen LogP contribution is 2.15. The Morgan fingerprint density at radius 2 is 2.56 bits per heavy atom. The molecule has 9 heavy (non-hydrogen) atoms. The lowest BCUT2D eigenvalue weighted by Crippen LogP contribution is -2.21. The Balaban J connectivity index is 2.61. The van der Waals surface area contributed by atoms with E-state index < -0.39 is 0 Å². The Bertz CT molecular complexity index is 142. The van der Waals surface area contributed by atoms with Gasteiger partial charge < -0.3 is 4.90 Å². The van der Waals surface area contributed by atoms with E-state index in [1.165, 1.54) is 0 Å². The summed E-state index contributed by atoms with van der Waals surface area (Å²) in [6.45, 7) is 4.46. The minimum atomic E-state index is 0.0926. The fourth-order valence-electron chi connectivity index (χ4n) is 1.07. The maximum atomic E-state index is 11.0. The van der Waals surface area contributed by atoms with Crippen molar-refractivity contribution in [1.82, 2.24) is 4.90 Å². The van der Waals surface area contributed by atoms with Gasteiger partial charge in [-0.1, -0.05) is 6.08 Å². The number of nitrogens with zero attached hydrogens (tertiary/aromatic N) is 1. The largest absolute Gasteiger partial charge is 0.345 e. The van der Waals surface area contributed by atoms with Crippen molar-refractivity contribution in [2.75, 3.05) is 13.6 Å². The Morgan fingerprint density at radius 3 is 2.78 bits per heavy atom. The predicted octanol–water partition coefficient (Wildman–Crippen LogP) is 0.651. The van der Waals surface area contributed by atoms with Crippen molar-refractivity contribution >= 4 is 5.91 Å². The maximum absolute atomic E-state index is 11.0. The van der Waals surface area contributed by atoms with Crippen LogP contribution in [-0.4, -0.2) is 24.4 Å². The molecule has 0 aromatic carbocycles. The van der Waals surface area contributed by atoms with Crippen LogP contribution in [0.15, 0.2) is 12.7 Å². The van der Waals surface area contributed by atoms with Gasteiger partial charge in [0.2, 0.25) is 5.91 Å². The summed E-state index contributed by atoms with van der Waals surface area (Å²) in [4.78, 5) is 12.7. The molecule has 0 N–H and O–H groups in total. The molecule has 1 fully saturated rings. The van der Waals surface area contributed by atoms with E-state index >= 15 is 0 Å². The summed E-state index contributed by atoms with van der Waals surface area (Å²) in [5, 5.41) is 0. The fourth-order valence-corrected chi connectivity index (χ4v) is 1.07. The van der Waals surface area contributed by atoms with Crippen LogP contribution in [0, 0.1) is 5.92 Å². The smallest absolute Gasteiger partial charge is 0.229 e. The standard InChI is InChI=1S/C7H11NO/c1-3-6-4-5-8(2)7(6)9/h3,6H,1,4-5H2,2H3. The van der Waals surface area contributed by atoms with Gasteiger partial charge in [0, 0.05) is 13.6 Å². The Labute approximate surface area is 55.2 Å². The zero-order chi connectivity index (χ0) is 6.85. The summed E-state index contributed by atoms with van der Waals surface area (Å²) in [6, 6.07) is 0. The molecule has 1 unspecified atom stereocenters. The molecule has 0 aliphatic carbocycles.